The van der Waals surface area contributed by atoms with Gasteiger partial charge in [0.1, 0.15) is 6.61 Å². The lowest BCUT2D eigenvalue weighted by Crippen LogP contribution is -2.29. The van der Waals surface area contributed by atoms with Gasteiger partial charge in [-0.15, -0.1) is 0 Å². The lowest BCUT2D eigenvalue weighted by molar-refractivity contribution is -0.161. The summed E-state index contributed by atoms with van der Waals surface area (Å²) in [7, 11) is -4.75. The molecule has 0 rings (SSSR count). The van der Waals surface area contributed by atoms with Crippen molar-refractivity contribution in [3.63, 3.8) is 0 Å². The molecule has 1 unspecified atom stereocenters. The predicted octanol–water partition coefficient (Wildman–Crippen LogP) is 14.2. The molecule has 8 nitrogen and oxygen atoms in total. The quantitative estimate of drug-likeness (QED) is 0.0271. The average Bonchev–Trinajstić information content (AvgIpc) is 3.14. The molecule has 0 aliphatic carbocycles. The maximum absolute atomic E-state index is 12.4. The molecule has 0 saturated heterocycles. The number of rotatable bonds is 43. The van der Waals surface area contributed by atoms with Crippen LogP contribution in [0.1, 0.15) is 245 Å². The van der Waals surface area contributed by atoms with Crippen molar-refractivity contribution in [2.24, 2.45) is 0 Å². The molecule has 0 aromatic rings. The van der Waals surface area contributed by atoms with Crippen LogP contribution in [0.15, 0.2) is 12.2 Å². The third kappa shape index (κ3) is 43.5. The summed E-state index contributed by atoms with van der Waals surface area (Å²) in [5, 5.41) is 0. The summed E-state index contributed by atoms with van der Waals surface area (Å²) in [5.41, 5.74) is 0. The minimum absolute atomic E-state index is 0.206. The van der Waals surface area contributed by atoms with Gasteiger partial charge in [0.05, 0.1) is 6.61 Å². The monoisotopic (exact) mass is 787 g/mol. The summed E-state index contributed by atoms with van der Waals surface area (Å²) in [6.45, 7) is 3.71. The topological polar surface area (TPSA) is 119 Å². The van der Waals surface area contributed by atoms with Gasteiger partial charge in [-0.3, -0.25) is 14.1 Å². The molecular formula is C45H87O8P. The van der Waals surface area contributed by atoms with E-state index in [4.69, 9.17) is 19.3 Å². The number of ether oxygens (including phenoxy) is 2. The Kier molecular flexibility index (Phi) is 40.5. The minimum atomic E-state index is -4.75. The molecule has 0 aliphatic heterocycles. The van der Waals surface area contributed by atoms with Crippen LogP contribution in [0, 0.1) is 0 Å². The first-order chi connectivity index (χ1) is 26.3. The Balaban J connectivity index is 3.81. The van der Waals surface area contributed by atoms with Gasteiger partial charge in [-0.1, -0.05) is 206 Å². The fourth-order valence-electron chi connectivity index (χ4n) is 6.84. The second-order valence-corrected chi connectivity index (χ2v) is 17.0. The number of phosphoric ester groups is 1. The van der Waals surface area contributed by atoms with Crippen LogP contribution < -0.4 is 0 Å². The summed E-state index contributed by atoms with van der Waals surface area (Å²) in [6.07, 6.45) is 46.5. The maximum Gasteiger partial charge on any atom is 0.469 e. The van der Waals surface area contributed by atoms with E-state index in [0.717, 1.165) is 51.4 Å². The highest BCUT2D eigenvalue weighted by Crippen LogP contribution is 2.36. The molecule has 0 fully saturated rings. The zero-order valence-corrected chi connectivity index (χ0v) is 36.3. The van der Waals surface area contributed by atoms with Crippen LogP contribution >= 0.6 is 7.82 Å². The lowest BCUT2D eigenvalue weighted by Gasteiger charge is -2.18. The van der Waals surface area contributed by atoms with Crippen molar-refractivity contribution in [3.8, 4) is 0 Å². The SMILES string of the molecule is CCCCCCCC/C=C\CCCCCCCC(=O)OC(COC(=O)CCCCCCCCCCCCCCCCCCCCCCC)COP(=O)(O)O. The molecule has 0 aliphatic rings. The first-order valence-corrected chi connectivity index (χ1v) is 24.5. The molecular weight excluding hydrogens is 699 g/mol. The van der Waals surface area contributed by atoms with Crippen molar-refractivity contribution in [3.05, 3.63) is 12.2 Å². The van der Waals surface area contributed by atoms with Gasteiger partial charge in [-0.25, -0.2) is 4.57 Å². The van der Waals surface area contributed by atoms with E-state index >= 15 is 0 Å². The van der Waals surface area contributed by atoms with Crippen LogP contribution in [-0.2, 0) is 28.2 Å². The first kappa shape index (κ1) is 52.8. The molecule has 9 heteroatoms. The van der Waals surface area contributed by atoms with Crippen molar-refractivity contribution < 1.29 is 37.9 Å². The van der Waals surface area contributed by atoms with Gasteiger partial charge in [0.15, 0.2) is 6.10 Å². The van der Waals surface area contributed by atoms with Gasteiger partial charge in [-0.05, 0) is 38.5 Å². The highest BCUT2D eigenvalue weighted by molar-refractivity contribution is 7.46. The summed E-state index contributed by atoms with van der Waals surface area (Å²) in [5.74, 6) is -0.880. The molecule has 0 radical (unpaired) electrons. The second kappa shape index (κ2) is 41.4. The summed E-state index contributed by atoms with van der Waals surface area (Å²) in [6, 6.07) is 0. The van der Waals surface area contributed by atoms with Crippen LogP contribution in [0.2, 0.25) is 0 Å². The highest BCUT2D eigenvalue weighted by atomic mass is 31.2. The number of allylic oxidation sites excluding steroid dienone is 2. The highest BCUT2D eigenvalue weighted by Gasteiger charge is 2.23. The Morgan fingerprint density at radius 2 is 0.778 bits per heavy atom. The Morgan fingerprint density at radius 3 is 1.13 bits per heavy atom. The molecule has 0 spiro atoms. The van der Waals surface area contributed by atoms with Gasteiger partial charge >= 0.3 is 19.8 Å². The van der Waals surface area contributed by atoms with E-state index < -0.39 is 32.5 Å². The van der Waals surface area contributed by atoms with E-state index in [1.807, 2.05) is 0 Å². The molecule has 0 saturated carbocycles. The van der Waals surface area contributed by atoms with E-state index in [1.165, 1.54) is 161 Å². The van der Waals surface area contributed by atoms with Gasteiger partial charge < -0.3 is 19.3 Å². The van der Waals surface area contributed by atoms with Gasteiger partial charge in [0.25, 0.3) is 0 Å². The van der Waals surface area contributed by atoms with Crippen LogP contribution in [0.4, 0.5) is 0 Å². The number of hydrogen-bond acceptors (Lipinski definition) is 6. The predicted molar refractivity (Wildman–Crippen MR) is 226 cm³/mol. The Labute approximate surface area is 333 Å². The third-order valence-electron chi connectivity index (χ3n) is 10.3. The normalized spacial score (nSPS) is 12.4. The number of carbonyl (C=O) groups is 2. The van der Waals surface area contributed by atoms with Crippen molar-refractivity contribution >= 4 is 19.8 Å². The van der Waals surface area contributed by atoms with Crippen LogP contribution in [0.25, 0.3) is 0 Å². The average molecular weight is 787 g/mol. The summed E-state index contributed by atoms with van der Waals surface area (Å²) < 4.78 is 26.4. The van der Waals surface area contributed by atoms with Gasteiger partial charge in [0, 0.05) is 12.8 Å². The fourth-order valence-corrected chi connectivity index (χ4v) is 7.20. The fraction of sp³-hybridized carbons (Fsp3) is 0.911. The Morgan fingerprint density at radius 1 is 0.463 bits per heavy atom. The van der Waals surface area contributed by atoms with E-state index in [1.54, 1.807) is 0 Å². The molecule has 2 N–H and O–H groups in total. The Hall–Kier alpha value is -1.21. The number of esters is 2. The van der Waals surface area contributed by atoms with E-state index in [-0.39, 0.29) is 19.4 Å². The standard InChI is InChI=1S/C45H87O8P/c1-3-5-7-9-11-13-15-17-19-20-21-22-23-24-26-27-29-31-33-35-37-39-44(46)51-41-43(42-52-54(48,49)50)53-45(47)40-38-36-34-32-30-28-25-18-16-14-12-10-8-6-4-2/h18,25,43H,3-17,19-24,26-42H2,1-2H3,(H2,48,49,50)/b25-18-. The van der Waals surface area contributed by atoms with Gasteiger partial charge in [0.2, 0.25) is 0 Å². The number of phosphoric acid groups is 1. The van der Waals surface area contributed by atoms with E-state index in [9.17, 15) is 14.2 Å². The van der Waals surface area contributed by atoms with Crippen molar-refractivity contribution in [1.82, 2.24) is 0 Å². The maximum atomic E-state index is 12.4. The largest absolute Gasteiger partial charge is 0.469 e. The molecule has 0 heterocycles. The smallest absolute Gasteiger partial charge is 0.462 e. The number of unbranched alkanes of at least 4 members (excludes halogenated alkanes) is 31. The molecule has 320 valence electrons. The van der Waals surface area contributed by atoms with Crippen molar-refractivity contribution in [1.29, 1.82) is 0 Å². The first-order valence-electron chi connectivity index (χ1n) is 23.0. The second-order valence-electron chi connectivity index (χ2n) is 15.7. The molecule has 0 aromatic heterocycles. The molecule has 0 amide bonds. The Bertz CT molecular complexity index is 889. The molecule has 1 atom stereocenters. The van der Waals surface area contributed by atoms with E-state index in [2.05, 4.69) is 30.5 Å². The van der Waals surface area contributed by atoms with Crippen LogP contribution in [-0.4, -0.2) is 41.0 Å². The van der Waals surface area contributed by atoms with Crippen molar-refractivity contribution in [2.75, 3.05) is 13.2 Å². The molecule has 54 heavy (non-hydrogen) atoms. The number of hydrogen-bond donors (Lipinski definition) is 2. The van der Waals surface area contributed by atoms with E-state index in [0.29, 0.717) is 6.42 Å². The summed E-state index contributed by atoms with van der Waals surface area (Å²) >= 11 is 0. The zero-order chi connectivity index (χ0) is 39.6. The minimum Gasteiger partial charge on any atom is -0.462 e. The molecule has 0 aromatic carbocycles. The molecule has 0 bridgehead atoms. The lowest BCUT2D eigenvalue weighted by atomic mass is 10.0. The zero-order valence-electron chi connectivity index (χ0n) is 35.4. The van der Waals surface area contributed by atoms with Crippen molar-refractivity contribution in [2.45, 2.75) is 251 Å². The van der Waals surface area contributed by atoms with Crippen LogP contribution in [0.5, 0.6) is 0 Å². The summed E-state index contributed by atoms with van der Waals surface area (Å²) in [4.78, 5) is 42.9. The number of carbonyl (C=O) groups excluding carboxylic acids is 2. The van der Waals surface area contributed by atoms with Gasteiger partial charge in [-0.2, -0.15) is 0 Å². The van der Waals surface area contributed by atoms with Crippen LogP contribution in [0.3, 0.4) is 0 Å². The third-order valence-corrected chi connectivity index (χ3v) is 10.8.